The Morgan fingerprint density at radius 3 is 3.12 bits per heavy atom. The van der Waals surface area contributed by atoms with Gasteiger partial charge in [-0.05, 0) is 12.6 Å². The van der Waals surface area contributed by atoms with Crippen molar-refractivity contribution >= 4 is 12.4 Å². The van der Waals surface area contributed by atoms with Gasteiger partial charge in [0.25, 0.3) is 0 Å². The Labute approximate surface area is 55.8 Å². The van der Waals surface area contributed by atoms with E-state index in [1.807, 2.05) is 6.20 Å². The van der Waals surface area contributed by atoms with E-state index < -0.39 is 0 Å². The molecule has 3 heteroatoms. The molecule has 2 N–H and O–H groups in total. The topological polar surface area (TPSA) is 24.1 Å². The summed E-state index contributed by atoms with van der Waals surface area (Å²) in [4.78, 5) is 0. The summed E-state index contributed by atoms with van der Waals surface area (Å²) in [6.07, 6.45) is 5.26. The quantitative estimate of drug-likeness (QED) is 0.503. The van der Waals surface area contributed by atoms with Gasteiger partial charge in [0.15, 0.2) is 0 Å². The van der Waals surface area contributed by atoms with Crippen molar-refractivity contribution in [2.45, 2.75) is 6.42 Å². The second-order valence-corrected chi connectivity index (χ2v) is 1.57. The zero-order valence-corrected chi connectivity index (χ0v) is 5.50. The number of rotatable bonds is 0. The van der Waals surface area contributed by atoms with Gasteiger partial charge in [0.1, 0.15) is 0 Å². The Morgan fingerprint density at radius 1 is 1.38 bits per heavy atom. The van der Waals surface area contributed by atoms with Gasteiger partial charge < -0.3 is 5.32 Å². The molecule has 0 saturated heterocycles. The lowest BCUT2D eigenvalue weighted by molar-refractivity contribution is 0.675. The monoisotopic (exact) mass is 134 g/mol. The van der Waals surface area contributed by atoms with Crippen LogP contribution in [0.2, 0.25) is 0 Å². The van der Waals surface area contributed by atoms with Gasteiger partial charge in [-0.15, -0.1) is 12.4 Å². The van der Waals surface area contributed by atoms with E-state index in [1.165, 1.54) is 0 Å². The Hall–Kier alpha value is -0.210. The lowest BCUT2D eigenvalue weighted by atomic mass is 10.4. The molecule has 1 rings (SSSR count). The smallest absolute Gasteiger partial charge is 0.0648 e. The third-order valence-corrected chi connectivity index (χ3v) is 0.951. The maximum atomic E-state index is 3.17. The Balaban J connectivity index is 0.000000490. The van der Waals surface area contributed by atoms with Crippen LogP contribution in [0.15, 0.2) is 12.3 Å². The van der Waals surface area contributed by atoms with Gasteiger partial charge in [0.2, 0.25) is 0 Å². The van der Waals surface area contributed by atoms with Crippen molar-refractivity contribution in [3.63, 3.8) is 0 Å². The van der Waals surface area contributed by atoms with E-state index in [-0.39, 0.29) is 12.4 Å². The van der Waals surface area contributed by atoms with Crippen LogP contribution in [-0.4, -0.2) is 13.2 Å². The van der Waals surface area contributed by atoms with Crippen LogP contribution in [0.1, 0.15) is 6.42 Å². The predicted octanol–water partition coefficient (Wildman–Crippen LogP) is 0.462. The second-order valence-electron chi connectivity index (χ2n) is 1.57. The van der Waals surface area contributed by atoms with Crippen molar-refractivity contribution in [2.75, 3.05) is 13.2 Å². The largest absolute Gasteiger partial charge is 0.379 e. The Kier molecular flexibility index (Phi) is 4.81. The van der Waals surface area contributed by atoms with Gasteiger partial charge in [-0.1, -0.05) is 6.08 Å². The zero-order valence-electron chi connectivity index (χ0n) is 4.68. The molecule has 48 valence electrons. The third kappa shape index (κ3) is 2.88. The summed E-state index contributed by atoms with van der Waals surface area (Å²) in [5.74, 6) is 0. The maximum Gasteiger partial charge on any atom is 0.0648 e. The van der Waals surface area contributed by atoms with Crippen molar-refractivity contribution in [2.24, 2.45) is 0 Å². The SMILES string of the molecule is C1=CNCNCC1.Cl. The summed E-state index contributed by atoms with van der Waals surface area (Å²) in [6.45, 7) is 2.01. The molecule has 0 saturated carbocycles. The van der Waals surface area contributed by atoms with Crippen LogP contribution in [0, 0.1) is 0 Å². The summed E-state index contributed by atoms with van der Waals surface area (Å²) in [7, 11) is 0. The lowest BCUT2D eigenvalue weighted by Crippen LogP contribution is -2.23. The molecule has 1 aliphatic rings. The van der Waals surface area contributed by atoms with Crippen LogP contribution in [0.3, 0.4) is 0 Å². The molecule has 0 radical (unpaired) electrons. The number of hydrogen-bond acceptors (Lipinski definition) is 2. The highest BCUT2D eigenvalue weighted by molar-refractivity contribution is 5.85. The average Bonchev–Trinajstić information content (AvgIpc) is 1.90. The van der Waals surface area contributed by atoms with E-state index in [1.54, 1.807) is 0 Å². The van der Waals surface area contributed by atoms with E-state index in [0.717, 1.165) is 19.6 Å². The van der Waals surface area contributed by atoms with Gasteiger partial charge in [-0.2, -0.15) is 0 Å². The van der Waals surface area contributed by atoms with Crippen molar-refractivity contribution < 1.29 is 0 Å². The molecule has 0 aliphatic carbocycles. The number of nitrogens with one attached hydrogen (secondary N) is 2. The minimum Gasteiger partial charge on any atom is -0.379 e. The molecular weight excluding hydrogens is 124 g/mol. The molecule has 0 aromatic carbocycles. The molecule has 0 bridgehead atoms. The fraction of sp³-hybridized carbons (Fsp3) is 0.600. The normalized spacial score (nSPS) is 18.0. The van der Waals surface area contributed by atoms with E-state index in [9.17, 15) is 0 Å². The van der Waals surface area contributed by atoms with E-state index in [0.29, 0.717) is 0 Å². The van der Waals surface area contributed by atoms with Crippen LogP contribution < -0.4 is 10.6 Å². The van der Waals surface area contributed by atoms with Crippen LogP contribution in [-0.2, 0) is 0 Å². The first kappa shape index (κ1) is 7.79. The highest BCUT2D eigenvalue weighted by Gasteiger charge is 1.84. The van der Waals surface area contributed by atoms with Crippen LogP contribution in [0.4, 0.5) is 0 Å². The molecule has 0 aromatic heterocycles. The van der Waals surface area contributed by atoms with Crippen LogP contribution in [0.25, 0.3) is 0 Å². The van der Waals surface area contributed by atoms with Crippen molar-refractivity contribution in [1.82, 2.24) is 10.6 Å². The number of hydrogen-bond donors (Lipinski definition) is 2. The van der Waals surface area contributed by atoms with Crippen LogP contribution >= 0.6 is 12.4 Å². The average molecular weight is 135 g/mol. The van der Waals surface area contributed by atoms with Gasteiger partial charge in [0.05, 0.1) is 6.67 Å². The molecule has 0 spiro atoms. The summed E-state index contributed by atoms with van der Waals surface area (Å²) in [5.41, 5.74) is 0. The molecule has 2 nitrogen and oxygen atoms in total. The molecule has 0 fully saturated rings. The van der Waals surface area contributed by atoms with Crippen molar-refractivity contribution in [3.05, 3.63) is 12.3 Å². The van der Waals surface area contributed by atoms with Gasteiger partial charge >= 0.3 is 0 Å². The zero-order chi connectivity index (χ0) is 4.95. The summed E-state index contributed by atoms with van der Waals surface area (Å²) < 4.78 is 0. The van der Waals surface area contributed by atoms with Gasteiger partial charge in [-0.3, -0.25) is 5.32 Å². The van der Waals surface area contributed by atoms with Crippen molar-refractivity contribution in [1.29, 1.82) is 0 Å². The first-order chi connectivity index (χ1) is 3.50. The fourth-order valence-electron chi connectivity index (χ4n) is 0.572. The molecule has 0 aromatic rings. The minimum atomic E-state index is 0. The van der Waals surface area contributed by atoms with Gasteiger partial charge in [-0.25, -0.2) is 0 Å². The van der Waals surface area contributed by atoms with Crippen LogP contribution in [0.5, 0.6) is 0 Å². The standard InChI is InChI=1S/C5H10N2.ClH/c1-2-4-7-5-6-3-1;/h1,3,6-7H,2,4-5H2;1H. The van der Waals surface area contributed by atoms with E-state index in [4.69, 9.17) is 0 Å². The minimum absolute atomic E-state index is 0. The Bertz CT molecular complexity index is 64.8. The lowest BCUT2D eigenvalue weighted by Gasteiger charge is -1.95. The molecular formula is C5H11ClN2. The van der Waals surface area contributed by atoms with Gasteiger partial charge in [0, 0.05) is 6.54 Å². The first-order valence-electron chi connectivity index (χ1n) is 2.59. The molecule has 1 heterocycles. The highest BCUT2D eigenvalue weighted by atomic mass is 35.5. The molecule has 0 amide bonds. The maximum absolute atomic E-state index is 3.17. The van der Waals surface area contributed by atoms with E-state index >= 15 is 0 Å². The second kappa shape index (κ2) is 4.94. The molecule has 0 unspecified atom stereocenters. The Morgan fingerprint density at radius 2 is 2.25 bits per heavy atom. The van der Waals surface area contributed by atoms with E-state index in [2.05, 4.69) is 16.7 Å². The predicted molar refractivity (Wildman–Crippen MR) is 37.0 cm³/mol. The summed E-state index contributed by atoms with van der Waals surface area (Å²) >= 11 is 0. The first-order valence-corrected chi connectivity index (χ1v) is 2.59. The molecule has 1 aliphatic heterocycles. The highest BCUT2D eigenvalue weighted by Crippen LogP contribution is 1.79. The molecule has 8 heavy (non-hydrogen) atoms. The summed E-state index contributed by atoms with van der Waals surface area (Å²) in [5, 5.41) is 6.23. The summed E-state index contributed by atoms with van der Waals surface area (Å²) in [6, 6.07) is 0. The number of halogens is 1. The van der Waals surface area contributed by atoms with Crippen molar-refractivity contribution in [3.8, 4) is 0 Å². The fourth-order valence-corrected chi connectivity index (χ4v) is 0.572. The molecule has 0 atom stereocenters. The third-order valence-electron chi connectivity index (χ3n) is 0.951.